The predicted molar refractivity (Wildman–Crippen MR) is 40.1 cm³/mol. The van der Waals surface area contributed by atoms with Gasteiger partial charge < -0.3 is 5.11 Å². The summed E-state index contributed by atoms with van der Waals surface area (Å²) in [7, 11) is 0. The van der Waals surface area contributed by atoms with Crippen LogP contribution in [0.4, 0.5) is 26.3 Å². The summed E-state index contributed by atoms with van der Waals surface area (Å²) in [5.74, 6) is -1.47. The van der Waals surface area contributed by atoms with E-state index in [0.29, 0.717) is 0 Å². The Labute approximate surface area is 85.5 Å². The number of aliphatic hydroxyl groups excluding tert-OH is 1. The lowest BCUT2D eigenvalue weighted by Crippen LogP contribution is -2.16. The molecule has 2 nitrogen and oxygen atoms in total. The van der Waals surface area contributed by atoms with Gasteiger partial charge >= 0.3 is 6.18 Å². The monoisotopic (exact) mass is 245 g/mol. The standard InChI is InChI=1S/C8H5F6NO/c9-4-1-15-6(7(10)11)5(3(4)2-16)8(12,13)14/h1,7,16H,2H2. The van der Waals surface area contributed by atoms with Crippen LogP contribution in [0.2, 0.25) is 0 Å². The van der Waals surface area contributed by atoms with Gasteiger partial charge in [-0.05, 0) is 0 Å². The van der Waals surface area contributed by atoms with E-state index in [1.54, 1.807) is 0 Å². The number of nitrogens with zero attached hydrogens (tertiary/aromatic N) is 1. The van der Waals surface area contributed by atoms with Gasteiger partial charge in [0.2, 0.25) is 0 Å². The molecule has 1 N–H and O–H groups in total. The maximum absolute atomic E-state index is 12.9. The molecule has 1 heterocycles. The largest absolute Gasteiger partial charge is 0.418 e. The van der Waals surface area contributed by atoms with Crippen molar-refractivity contribution in [2.75, 3.05) is 0 Å². The van der Waals surface area contributed by atoms with Gasteiger partial charge in [0, 0.05) is 5.56 Å². The van der Waals surface area contributed by atoms with Crippen molar-refractivity contribution in [1.82, 2.24) is 4.98 Å². The normalized spacial score (nSPS) is 12.2. The second-order valence-electron chi connectivity index (χ2n) is 2.80. The molecule has 0 unspecified atom stereocenters. The Morgan fingerprint density at radius 1 is 1.31 bits per heavy atom. The van der Waals surface area contributed by atoms with Crippen LogP contribution >= 0.6 is 0 Å². The second kappa shape index (κ2) is 4.28. The highest BCUT2D eigenvalue weighted by Gasteiger charge is 2.40. The highest BCUT2D eigenvalue weighted by Crippen LogP contribution is 2.38. The molecule has 1 aromatic rings. The fourth-order valence-corrected chi connectivity index (χ4v) is 1.18. The van der Waals surface area contributed by atoms with Crippen LogP contribution in [0.1, 0.15) is 23.2 Å². The molecule has 1 rings (SSSR count). The van der Waals surface area contributed by atoms with Crippen molar-refractivity contribution < 1.29 is 31.4 Å². The van der Waals surface area contributed by atoms with E-state index in [9.17, 15) is 26.3 Å². The van der Waals surface area contributed by atoms with Gasteiger partial charge in [0.25, 0.3) is 6.43 Å². The first kappa shape index (κ1) is 12.8. The summed E-state index contributed by atoms with van der Waals surface area (Å²) in [6.45, 7) is -1.33. The van der Waals surface area contributed by atoms with Crippen molar-refractivity contribution in [3.63, 3.8) is 0 Å². The first-order valence-electron chi connectivity index (χ1n) is 3.92. The Balaban J connectivity index is 3.54. The minimum Gasteiger partial charge on any atom is -0.392 e. The van der Waals surface area contributed by atoms with E-state index in [-0.39, 0.29) is 6.20 Å². The van der Waals surface area contributed by atoms with Crippen LogP contribution in [-0.4, -0.2) is 10.1 Å². The molecular weight excluding hydrogens is 240 g/mol. The highest BCUT2D eigenvalue weighted by atomic mass is 19.4. The maximum Gasteiger partial charge on any atom is 0.418 e. The number of aromatic nitrogens is 1. The fourth-order valence-electron chi connectivity index (χ4n) is 1.18. The summed E-state index contributed by atoms with van der Waals surface area (Å²) in [4.78, 5) is 2.70. The van der Waals surface area contributed by atoms with Gasteiger partial charge in [-0.2, -0.15) is 13.2 Å². The van der Waals surface area contributed by atoms with E-state index in [2.05, 4.69) is 4.98 Å². The van der Waals surface area contributed by atoms with E-state index in [4.69, 9.17) is 5.11 Å². The number of hydrogen-bond acceptors (Lipinski definition) is 2. The maximum atomic E-state index is 12.9. The predicted octanol–water partition coefficient (Wildman–Crippen LogP) is 2.67. The highest BCUT2D eigenvalue weighted by molar-refractivity contribution is 5.34. The fraction of sp³-hybridized carbons (Fsp3) is 0.375. The van der Waals surface area contributed by atoms with Crippen molar-refractivity contribution in [3.8, 4) is 0 Å². The zero-order valence-electron chi connectivity index (χ0n) is 7.52. The van der Waals surface area contributed by atoms with Crippen molar-refractivity contribution in [2.24, 2.45) is 0 Å². The summed E-state index contributed by atoms with van der Waals surface area (Å²) in [5, 5.41) is 8.56. The third-order valence-electron chi connectivity index (χ3n) is 1.81. The van der Waals surface area contributed by atoms with Crippen LogP contribution < -0.4 is 0 Å². The van der Waals surface area contributed by atoms with Gasteiger partial charge in [0.05, 0.1) is 18.4 Å². The number of hydrogen-bond donors (Lipinski definition) is 1. The molecule has 0 bridgehead atoms. The number of pyridine rings is 1. The molecule has 0 saturated carbocycles. The summed E-state index contributed by atoms with van der Waals surface area (Å²) >= 11 is 0. The van der Waals surface area contributed by atoms with Crippen molar-refractivity contribution in [1.29, 1.82) is 0 Å². The molecule has 0 atom stereocenters. The van der Waals surface area contributed by atoms with E-state index < -0.39 is 41.8 Å². The van der Waals surface area contributed by atoms with E-state index in [0.717, 1.165) is 0 Å². The van der Waals surface area contributed by atoms with Crippen LogP contribution in [0.5, 0.6) is 0 Å². The van der Waals surface area contributed by atoms with Crippen LogP contribution in [0.25, 0.3) is 0 Å². The minimum absolute atomic E-state index is 0.224. The number of alkyl halides is 5. The Bertz CT molecular complexity index is 389. The van der Waals surface area contributed by atoms with Crippen LogP contribution in [0, 0.1) is 5.82 Å². The van der Waals surface area contributed by atoms with Gasteiger partial charge in [-0.3, -0.25) is 4.98 Å². The molecule has 0 radical (unpaired) electrons. The molecule has 0 saturated heterocycles. The Hall–Kier alpha value is -1.31. The molecule has 0 fully saturated rings. The summed E-state index contributed by atoms with van der Waals surface area (Å²) in [6.07, 6.45) is -8.47. The smallest absolute Gasteiger partial charge is 0.392 e. The zero-order valence-corrected chi connectivity index (χ0v) is 7.52. The van der Waals surface area contributed by atoms with Gasteiger partial charge in [0.15, 0.2) is 0 Å². The van der Waals surface area contributed by atoms with Crippen LogP contribution in [-0.2, 0) is 12.8 Å². The molecule has 0 spiro atoms. The Kier molecular flexibility index (Phi) is 3.41. The molecule has 0 aromatic carbocycles. The van der Waals surface area contributed by atoms with E-state index in [1.165, 1.54) is 0 Å². The van der Waals surface area contributed by atoms with Crippen molar-refractivity contribution in [3.05, 3.63) is 28.8 Å². The third-order valence-corrected chi connectivity index (χ3v) is 1.81. The molecule has 0 amide bonds. The lowest BCUT2D eigenvalue weighted by Gasteiger charge is -2.15. The first-order valence-corrected chi connectivity index (χ1v) is 3.92. The van der Waals surface area contributed by atoms with Gasteiger partial charge in [-0.15, -0.1) is 0 Å². The lowest BCUT2D eigenvalue weighted by molar-refractivity contribution is -0.141. The molecule has 1 aromatic heterocycles. The third kappa shape index (κ3) is 2.26. The molecule has 0 aliphatic carbocycles. The van der Waals surface area contributed by atoms with Gasteiger partial charge in [-0.1, -0.05) is 0 Å². The van der Waals surface area contributed by atoms with Gasteiger partial charge in [0.1, 0.15) is 11.5 Å². The van der Waals surface area contributed by atoms with E-state index in [1.807, 2.05) is 0 Å². The summed E-state index contributed by atoms with van der Waals surface area (Å²) in [6, 6.07) is 0. The molecule has 90 valence electrons. The Morgan fingerprint density at radius 3 is 2.25 bits per heavy atom. The molecule has 8 heteroatoms. The SMILES string of the molecule is OCc1c(F)cnc(C(F)F)c1C(F)(F)F. The molecular formula is C8H5F6NO. The van der Waals surface area contributed by atoms with Crippen LogP contribution in [0.3, 0.4) is 0 Å². The quantitative estimate of drug-likeness (QED) is 0.812. The van der Waals surface area contributed by atoms with Crippen molar-refractivity contribution >= 4 is 0 Å². The number of rotatable bonds is 2. The molecule has 0 aliphatic rings. The number of aliphatic hydroxyl groups is 1. The van der Waals surface area contributed by atoms with Gasteiger partial charge in [-0.25, -0.2) is 13.2 Å². The summed E-state index contributed by atoms with van der Waals surface area (Å²) in [5.41, 5.74) is -4.72. The topological polar surface area (TPSA) is 33.1 Å². The molecule has 0 aliphatic heterocycles. The number of halogens is 6. The average Bonchev–Trinajstić information content (AvgIpc) is 2.15. The van der Waals surface area contributed by atoms with Crippen LogP contribution in [0.15, 0.2) is 6.20 Å². The van der Waals surface area contributed by atoms with Crippen molar-refractivity contribution in [2.45, 2.75) is 19.2 Å². The first-order chi connectivity index (χ1) is 7.29. The van der Waals surface area contributed by atoms with E-state index >= 15 is 0 Å². The minimum atomic E-state index is -5.20. The Morgan fingerprint density at radius 2 is 1.88 bits per heavy atom. The summed E-state index contributed by atoms with van der Waals surface area (Å²) < 4.78 is 74.5. The lowest BCUT2D eigenvalue weighted by atomic mass is 10.1. The molecule has 16 heavy (non-hydrogen) atoms. The average molecular weight is 245 g/mol. The zero-order chi connectivity index (χ0) is 12.5. The second-order valence-corrected chi connectivity index (χ2v) is 2.80.